The average molecular weight is 443 g/mol. The van der Waals surface area contributed by atoms with E-state index in [1.165, 1.54) is 21.9 Å². The Hall–Kier alpha value is -2.53. The number of ketones is 1. The van der Waals surface area contributed by atoms with Crippen LogP contribution >= 0.6 is 0 Å². The fraction of sp³-hybridized carbons (Fsp3) is 0.414. The monoisotopic (exact) mass is 442 g/mol. The quantitative estimate of drug-likeness (QED) is 0.521. The number of hydrogen-bond acceptors (Lipinski definition) is 4. The number of nitrogens with one attached hydrogen (secondary N) is 1. The van der Waals surface area contributed by atoms with E-state index in [0.29, 0.717) is 6.54 Å². The van der Waals surface area contributed by atoms with Gasteiger partial charge in [-0.15, -0.1) is 0 Å². The van der Waals surface area contributed by atoms with Crippen molar-refractivity contribution < 1.29 is 9.90 Å². The van der Waals surface area contributed by atoms with E-state index in [2.05, 4.69) is 59.6 Å². The van der Waals surface area contributed by atoms with Crippen LogP contribution in [-0.2, 0) is 23.5 Å². The first-order chi connectivity index (χ1) is 16.0. The topological polar surface area (TPSA) is 52.6 Å². The molecule has 1 atom stereocenters. The van der Waals surface area contributed by atoms with Crippen LogP contribution in [0.15, 0.2) is 60.7 Å². The van der Waals surface area contributed by atoms with Crippen molar-refractivity contribution in [3.63, 3.8) is 0 Å². The molecule has 0 amide bonds. The maximum atomic E-state index is 13.2. The number of fused-ring (bicyclic) bond motifs is 2. The summed E-state index contributed by atoms with van der Waals surface area (Å²) in [5, 5.41) is 17.7. The van der Waals surface area contributed by atoms with Gasteiger partial charge in [0.05, 0.1) is 6.54 Å². The van der Waals surface area contributed by atoms with E-state index in [0.717, 1.165) is 63.0 Å². The van der Waals surface area contributed by atoms with Gasteiger partial charge in [-0.25, -0.2) is 0 Å². The van der Waals surface area contributed by atoms with Gasteiger partial charge in [0.25, 0.3) is 0 Å². The van der Waals surface area contributed by atoms with Crippen molar-refractivity contribution >= 4 is 16.6 Å². The molecular weight excluding hydrogens is 408 g/mol. The average Bonchev–Trinajstić information content (AvgIpc) is 2.87. The number of carbonyl (C=O) groups is 1. The minimum Gasteiger partial charge on any atom is -0.377 e. The van der Waals surface area contributed by atoms with E-state index in [-0.39, 0.29) is 11.7 Å². The Morgan fingerprint density at radius 3 is 2.64 bits per heavy atom. The highest BCUT2D eigenvalue weighted by molar-refractivity contribution is 5.91. The molecule has 0 spiro atoms. The first kappa shape index (κ1) is 22.3. The molecule has 1 saturated carbocycles. The second-order valence-corrected chi connectivity index (χ2v) is 9.90. The van der Waals surface area contributed by atoms with Gasteiger partial charge in [-0.05, 0) is 72.2 Å². The van der Waals surface area contributed by atoms with Crippen molar-refractivity contribution in [2.24, 2.45) is 5.92 Å². The number of benzene rings is 3. The third-order valence-electron chi connectivity index (χ3n) is 7.53. The van der Waals surface area contributed by atoms with E-state index in [4.69, 9.17) is 0 Å². The van der Waals surface area contributed by atoms with E-state index in [1.54, 1.807) is 0 Å². The molecule has 2 N–H and O–H groups in total. The van der Waals surface area contributed by atoms with Gasteiger partial charge < -0.3 is 10.4 Å². The molecule has 3 aromatic carbocycles. The SMILES string of the molecule is Cc1ccc2cc(CNCCCN3CC(=O)C(O)(C4CCC4)c4ccccc4C3)ccc2c1. The molecule has 1 aliphatic heterocycles. The molecule has 1 fully saturated rings. The van der Waals surface area contributed by atoms with Gasteiger partial charge in [-0.3, -0.25) is 9.69 Å². The Bertz CT molecular complexity index is 1150. The number of aryl methyl sites for hydroxylation is 1. The highest BCUT2D eigenvalue weighted by Crippen LogP contribution is 2.45. The lowest BCUT2D eigenvalue weighted by molar-refractivity contribution is -0.149. The molecule has 172 valence electrons. The molecule has 4 nitrogen and oxygen atoms in total. The van der Waals surface area contributed by atoms with Crippen molar-refractivity contribution in [2.45, 2.75) is 51.3 Å². The van der Waals surface area contributed by atoms with E-state index in [1.807, 2.05) is 18.2 Å². The van der Waals surface area contributed by atoms with Crippen LogP contribution in [0.2, 0.25) is 0 Å². The number of aliphatic hydroxyl groups is 1. The van der Waals surface area contributed by atoms with Crippen molar-refractivity contribution in [1.82, 2.24) is 10.2 Å². The molecule has 5 rings (SSSR count). The van der Waals surface area contributed by atoms with E-state index in [9.17, 15) is 9.90 Å². The molecule has 1 aliphatic carbocycles. The van der Waals surface area contributed by atoms with Crippen molar-refractivity contribution in [3.05, 3.63) is 82.9 Å². The van der Waals surface area contributed by atoms with Crippen LogP contribution in [0.5, 0.6) is 0 Å². The Kier molecular flexibility index (Phi) is 6.33. The summed E-state index contributed by atoms with van der Waals surface area (Å²) in [6.45, 7) is 5.75. The summed E-state index contributed by atoms with van der Waals surface area (Å²) in [5.74, 6) is 0.0372. The summed E-state index contributed by atoms with van der Waals surface area (Å²) < 4.78 is 0. The molecular formula is C29H34N2O2. The minimum absolute atomic E-state index is 0.0310. The summed E-state index contributed by atoms with van der Waals surface area (Å²) in [6, 6.07) is 21.2. The fourth-order valence-corrected chi connectivity index (χ4v) is 5.42. The van der Waals surface area contributed by atoms with Crippen molar-refractivity contribution in [2.75, 3.05) is 19.6 Å². The van der Waals surface area contributed by atoms with Gasteiger partial charge in [-0.2, -0.15) is 0 Å². The number of Topliss-reactive ketones (excluding diaryl/α,β-unsaturated/α-hetero) is 1. The zero-order valence-corrected chi connectivity index (χ0v) is 19.5. The Morgan fingerprint density at radius 1 is 1.03 bits per heavy atom. The van der Waals surface area contributed by atoms with E-state index >= 15 is 0 Å². The lowest BCUT2D eigenvalue weighted by Crippen LogP contribution is -2.48. The lowest BCUT2D eigenvalue weighted by atomic mass is 9.67. The smallest absolute Gasteiger partial charge is 0.183 e. The van der Waals surface area contributed by atoms with Crippen LogP contribution in [-0.4, -0.2) is 35.4 Å². The Balaban J connectivity index is 1.17. The molecule has 0 radical (unpaired) electrons. The van der Waals surface area contributed by atoms with Gasteiger partial charge in [0.15, 0.2) is 11.4 Å². The summed E-state index contributed by atoms with van der Waals surface area (Å²) in [5.41, 5.74) is 3.20. The normalized spacial score (nSPS) is 21.6. The standard InChI is InChI=1S/C29H34N2O2/c1-21-10-12-24-17-22(11-13-23(24)16-21)18-30-14-5-15-31-19-25-6-2-3-9-27(25)29(33,28(32)20-31)26-7-4-8-26/h2-3,6,9-13,16-17,26,30,33H,4-5,7-8,14-15,18-20H2,1H3. The van der Waals surface area contributed by atoms with Crippen LogP contribution in [0.3, 0.4) is 0 Å². The molecule has 3 aromatic rings. The predicted octanol–water partition coefficient (Wildman–Crippen LogP) is 4.70. The number of rotatable bonds is 7. The van der Waals surface area contributed by atoms with Crippen molar-refractivity contribution in [1.29, 1.82) is 0 Å². The second-order valence-electron chi connectivity index (χ2n) is 9.90. The third-order valence-corrected chi connectivity index (χ3v) is 7.53. The maximum Gasteiger partial charge on any atom is 0.183 e. The van der Waals surface area contributed by atoms with Gasteiger partial charge in [-0.1, -0.05) is 66.6 Å². The fourth-order valence-electron chi connectivity index (χ4n) is 5.42. The molecule has 1 unspecified atom stereocenters. The third kappa shape index (κ3) is 4.48. The predicted molar refractivity (Wildman–Crippen MR) is 133 cm³/mol. The minimum atomic E-state index is -1.31. The zero-order valence-electron chi connectivity index (χ0n) is 19.5. The number of nitrogens with zero attached hydrogens (tertiary/aromatic N) is 1. The zero-order chi connectivity index (χ0) is 22.8. The Morgan fingerprint density at radius 2 is 1.82 bits per heavy atom. The highest BCUT2D eigenvalue weighted by Gasteiger charge is 2.49. The summed E-state index contributed by atoms with van der Waals surface area (Å²) in [6.07, 6.45) is 3.95. The molecule has 33 heavy (non-hydrogen) atoms. The lowest BCUT2D eigenvalue weighted by Gasteiger charge is -2.40. The largest absolute Gasteiger partial charge is 0.377 e. The maximum absolute atomic E-state index is 13.2. The van der Waals surface area contributed by atoms with Gasteiger partial charge in [0, 0.05) is 19.6 Å². The van der Waals surface area contributed by atoms with Crippen LogP contribution in [0.4, 0.5) is 0 Å². The van der Waals surface area contributed by atoms with Crippen LogP contribution < -0.4 is 5.32 Å². The molecule has 0 bridgehead atoms. The van der Waals surface area contributed by atoms with Gasteiger partial charge in [0.2, 0.25) is 0 Å². The molecule has 4 heteroatoms. The number of hydrogen-bond donors (Lipinski definition) is 2. The van der Waals surface area contributed by atoms with Crippen LogP contribution in [0.25, 0.3) is 10.8 Å². The van der Waals surface area contributed by atoms with Crippen LogP contribution in [0, 0.1) is 12.8 Å². The van der Waals surface area contributed by atoms with Gasteiger partial charge in [0.1, 0.15) is 0 Å². The van der Waals surface area contributed by atoms with Crippen molar-refractivity contribution in [3.8, 4) is 0 Å². The summed E-state index contributed by atoms with van der Waals surface area (Å²) in [4.78, 5) is 15.4. The van der Waals surface area contributed by atoms with Crippen LogP contribution in [0.1, 0.15) is 47.9 Å². The molecule has 1 heterocycles. The Labute approximate surface area is 196 Å². The second kappa shape index (κ2) is 9.38. The van der Waals surface area contributed by atoms with Gasteiger partial charge >= 0.3 is 0 Å². The highest BCUT2D eigenvalue weighted by atomic mass is 16.3. The summed E-state index contributed by atoms with van der Waals surface area (Å²) in [7, 11) is 0. The summed E-state index contributed by atoms with van der Waals surface area (Å²) >= 11 is 0. The molecule has 0 saturated heterocycles. The first-order valence-electron chi connectivity index (χ1n) is 12.3. The number of carbonyl (C=O) groups excluding carboxylic acids is 1. The first-order valence-corrected chi connectivity index (χ1v) is 12.3. The molecule has 2 aliphatic rings. The molecule has 0 aromatic heterocycles. The van der Waals surface area contributed by atoms with E-state index < -0.39 is 5.60 Å².